The van der Waals surface area contributed by atoms with Gasteiger partial charge in [-0.3, -0.25) is 0 Å². The van der Waals surface area contributed by atoms with Crippen LogP contribution in [0.15, 0.2) is 82.6 Å². The Morgan fingerprint density at radius 2 is 1.66 bits per heavy atom. The van der Waals surface area contributed by atoms with Crippen molar-refractivity contribution in [3.8, 4) is 16.9 Å². The van der Waals surface area contributed by atoms with Crippen LogP contribution in [-0.2, 0) is 31.4 Å². The second kappa shape index (κ2) is 13.6. The lowest BCUT2D eigenvalue weighted by atomic mass is 9.88. The molecule has 0 amide bonds. The lowest BCUT2D eigenvalue weighted by molar-refractivity contribution is -0.0312. The van der Waals surface area contributed by atoms with Gasteiger partial charge in [-0.2, -0.15) is 4.31 Å². The van der Waals surface area contributed by atoms with E-state index in [-0.39, 0.29) is 35.6 Å². The highest BCUT2D eigenvalue weighted by Gasteiger charge is 2.44. The largest absolute Gasteiger partial charge is 0.491 e. The van der Waals surface area contributed by atoms with Crippen LogP contribution in [0, 0.1) is 0 Å². The first kappa shape index (κ1) is 32.5. The van der Waals surface area contributed by atoms with Gasteiger partial charge in [0.1, 0.15) is 18.5 Å². The fraction of sp³-hybridized carbons (Fsp3) is 0.419. The number of benzene rings is 3. The van der Waals surface area contributed by atoms with Gasteiger partial charge in [-0.15, -0.1) is 0 Å². The van der Waals surface area contributed by atoms with Gasteiger partial charge in [0, 0.05) is 31.7 Å². The highest BCUT2D eigenvalue weighted by atomic mass is 32.2. The van der Waals surface area contributed by atoms with Gasteiger partial charge in [-0.05, 0) is 73.3 Å². The third-order valence-electron chi connectivity index (χ3n) is 8.23. The molecule has 2 saturated heterocycles. The number of aliphatic hydroxyl groups excluding tert-OH is 2. The summed E-state index contributed by atoms with van der Waals surface area (Å²) in [5.74, 6) is 0.341. The molecule has 44 heavy (non-hydrogen) atoms. The predicted octanol–water partition coefficient (Wildman–Crippen LogP) is 2.10. The van der Waals surface area contributed by atoms with Crippen LogP contribution < -0.4 is 14.8 Å². The van der Waals surface area contributed by atoms with Crippen molar-refractivity contribution in [3.63, 3.8) is 0 Å². The van der Waals surface area contributed by atoms with E-state index in [4.69, 9.17) is 9.47 Å². The van der Waals surface area contributed by atoms with Gasteiger partial charge in [-0.1, -0.05) is 36.4 Å². The number of ether oxygens (including phenoxy) is 2. The average Bonchev–Trinajstić information content (AvgIpc) is 3.45. The van der Waals surface area contributed by atoms with Crippen molar-refractivity contribution >= 4 is 20.0 Å². The highest BCUT2D eigenvalue weighted by molar-refractivity contribution is 7.89. The molecule has 5 rings (SSSR count). The van der Waals surface area contributed by atoms with Gasteiger partial charge < -0.3 is 25.0 Å². The van der Waals surface area contributed by atoms with E-state index in [1.54, 1.807) is 30.3 Å². The number of piperidine rings is 1. The molecule has 0 saturated carbocycles. The van der Waals surface area contributed by atoms with Crippen LogP contribution in [0.5, 0.6) is 5.75 Å². The van der Waals surface area contributed by atoms with E-state index < -0.39 is 31.8 Å². The summed E-state index contributed by atoms with van der Waals surface area (Å²) in [5.41, 5.74) is 1.95. The molecule has 11 nitrogen and oxygen atoms in total. The average molecular weight is 646 g/mol. The molecule has 2 unspecified atom stereocenters. The Labute approximate surface area is 258 Å². The second-order valence-corrected chi connectivity index (χ2v) is 15.1. The van der Waals surface area contributed by atoms with Crippen molar-refractivity contribution in [2.75, 3.05) is 39.9 Å². The topological polar surface area (TPSA) is 154 Å². The zero-order chi connectivity index (χ0) is 31.4. The van der Waals surface area contributed by atoms with Gasteiger partial charge in [0.05, 0.1) is 28.6 Å². The normalized spacial score (nSPS) is 19.7. The molecule has 0 aromatic heterocycles. The zero-order valence-electron chi connectivity index (χ0n) is 24.6. The van der Waals surface area contributed by atoms with Crippen molar-refractivity contribution in [2.24, 2.45) is 0 Å². The maximum absolute atomic E-state index is 13.5. The first-order valence-electron chi connectivity index (χ1n) is 14.6. The van der Waals surface area contributed by atoms with E-state index in [9.17, 15) is 27.0 Å². The minimum Gasteiger partial charge on any atom is -0.491 e. The molecule has 2 aliphatic rings. The Morgan fingerprint density at radius 1 is 0.977 bits per heavy atom. The molecule has 238 valence electrons. The lowest BCUT2D eigenvalue weighted by Gasteiger charge is -2.38. The van der Waals surface area contributed by atoms with E-state index >= 15 is 0 Å². The quantitative estimate of drug-likeness (QED) is 0.232. The predicted molar refractivity (Wildman–Crippen MR) is 165 cm³/mol. The summed E-state index contributed by atoms with van der Waals surface area (Å²) in [6.07, 6.45) is 1.01. The fourth-order valence-electron chi connectivity index (χ4n) is 5.70. The number of hydrogen-bond acceptors (Lipinski definition) is 9. The SMILES string of the molecule is CNS(=O)(=O)c1cccc(OCC(O)CNC2COC3(CCN(S(=O)(=O)c4cccc(-c5cccc(CO)c5)c4)CC3)C2)c1. The zero-order valence-corrected chi connectivity index (χ0v) is 26.2. The minimum absolute atomic E-state index is 0.00303. The first-order chi connectivity index (χ1) is 21.0. The first-order valence-corrected chi connectivity index (χ1v) is 17.5. The standard InChI is InChI=1S/C31H39N3O8S2/c1-32-43(37,38)29-9-4-8-28(17-29)41-22-27(36)19-33-26-18-31(42-21-26)11-13-34(14-12-31)44(39,40)30-10-3-7-25(16-30)24-6-2-5-23(15-24)20-35/h2-10,15-17,26-27,32-33,35-36H,11-14,18-22H2,1H3. The molecular weight excluding hydrogens is 606 g/mol. The van der Waals surface area contributed by atoms with Crippen LogP contribution in [-0.4, -0.2) is 89.0 Å². The van der Waals surface area contributed by atoms with Crippen LogP contribution in [0.25, 0.3) is 11.1 Å². The summed E-state index contributed by atoms with van der Waals surface area (Å²) in [7, 11) is -5.96. The Kier molecular flexibility index (Phi) is 10.1. The third kappa shape index (κ3) is 7.49. The Balaban J connectivity index is 1.11. The fourth-order valence-corrected chi connectivity index (χ4v) is 7.95. The molecule has 2 atom stereocenters. The van der Waals surface area contributed by atoms with Crippen LogP contribution in [0.2, 0.25) is 0 Å². The Morgan fingerprint density at radius 3 is 2.39 bits per heavy atom. The van der Waals surface area contributed by atoms with Crippen molar-refractivity contribution in [2.45, 2.75) is 53.4 Å². The van der Waals surface area contributed by atoms with Gasteiger partial charge in [0.15, 0.2) is 0 Å². The summed E-state index contributed by atoms with van der Waals surface area (Å²) in [5, 5.41) is 23.2. The highest BCUT2D eigenvalue weighted by Crippen LogP contribution is 2.37. The molecule has 0 aliphatic carbocycles. The van der Waals surface area contributed by atoms with Gasteiger partial charge >= 0.3 is 0 Å². The van der Waals surface area contributed by atoms with Crippen LogP contribution in [0.1, 0.15) is 24.8 Å². The molecule has 13 heteroatoms. The molecule has 2 aliphatic heterocycles. The molecule has 4 N–H and O–H groups in total. The summed E-state index contributed by atoms with van der Waals surface area (Å²) < 4.78 is 66.7. The molecule has 3 aromatic rings. The number of aliphatic hydroxyl groups is 2. The van der Waals surface area contributed by atoms with E-state index in [2.05, 4.69) is 10.0 Å². The third-order valence-corrected chi connectivity index (χ3v) is 11.5. The number of rotatable bonds is 12. The smallest absolute Gasteiger partial charge is 0.243 e. The second-order valence-electron chi connectivity index (χ2n) is 11.2. The van der Waals surface area contributed by atoms with E-state index in [0.29, 0.717) is 44.7 Å². The Bertz CT molecular complexity index is 1660. The number of nitrogens with zero attached hydrogens (tertiary/aromatic N) is 1. The van der Waals surface area contributed by atoms with E-state index in [1.807, 2.05) is 30.3 Å². The monoisotopic (exact) mass is 645 g/mol. The molecule has 2 heterocycles. The van der Waals surface area contributed by atoms with Gasteiger partial charge in [0.2, 0.25) is 20.0 Å². The summed E-state index contributed by atoms with van der Waals surface area (Å²) in [6.45, 7) is 1.30. The molecule has 1 spiro atoms. The number of hydrogen-bond donors (Lipinski definition) is 4. The summed E-state index contributed by atoms with van der Waals surface area (Å²) in [6, 6.07) is 20.4. The molecule has 0 bridgehead atoms. The van der Waals surface area contributed by atoms with Crippen molar-refractivity contribution in [1.82, 2.24) is 14.3 Å². The molecule has 2 fully saturated rings. The minimum atomic E-state index is -3.70. The lowest BCUT2D eigenvalue weighted by Crippen LogP contribution is -2.47. The van der Waals surface area contributed by atoms with Crippen LogP contribution >= 0.6 is 0 Å². The van der Waals surface area contributed by atoms with Crippen LogP contribution in [0.4, 0.5) is 0 Å². The van der Waals surface area contributed by atoms with Crippen molar-refractivity contribution in [1.29, 1.82) is 0 Å². The maximum Gasteiger partial charge on any atom is 0.243 e. The summed E-state index contributed by atoms with van der Waals surface area (Å²) in [4.78, 5) is 0.314. The number of nitrogens with one attached hydrogen (secondary N) is 2. The van der Waals surface area contributed by atoms with Gasteiger partial charge in [-0.25, -0.2) is 21.6 Å². The van der Waals surface area contributed by atoms with Crippen molar-refractivity contribution in [3.05, 3.63) is 78.4 Å². The number of sulfonamides is 2. The van der Waals surface area contributed by atoms with Crippen molar-refractivity contribution < 1.29 is 36.5 Å². The maximum atomic E-state index is 13.5. The van der Waals surface area contributed by atoms with Gasteiger partial charge in [0.25, 0.3) is 0 Å². The Hall–Kier alpha value is -2.88. The molecule has 0 radical (unpaired) electrons. The van der Waals surface area contributed by atoms with E-state index in [0.717, 1.165) is 16.7 Å². The van der Waals surface area contributed by atoms with E-state index in [1.165, 1.54) is 23.5 Å². The summed E-state index contributed by atoms with van der Waals surface area (Å²) >= 11 is 0. The van der Waals surface area contributed by atoms with Crippen LogP contribution in [0.3, 0.4) is 0 Å². The molecule has 3 aromatic carbocycles. The molecular formula is C31H39N3O8S2.